The highest BCUT2D eigenvalue weighted by atomic mass is 19.4. The summed E-state index contributed by atoms with van der Waals surface area (Å²) in [7, 11) is 0. The molecule has 0 aliphatic heterocycles. The molecule has 1 N–H and O–H groups in total. The first-order valence-corrected chi connectivity index (χ1v) is 10.1. The van der Waals surface area contributed by atoms with Crippen molar-refractivity contribution in [3.63, 3.8) is 0 Å². The van der Waals surface area contributed by atoms with Crippen LogP contribution in [0, 0.1) is 17.5 Å². The van der Waals surface area contributed by atoms with Crippen LogP contribution in [0.5, 0.6) is 11.5 Å². The first-order chi connectivity index (χ1) is 16.9. The molecule has 0 spiro atoms. The number of fused-ring (bicyclic) bond motifs is 1. The molecule has 4 aromatic rings. The molecule has 0 radical (unpaired) electrons. The van der Waals surface area contributed by atoms with Crippen LogP contribution in [0.3, 0.4) is 0 Å². The lowest BCUT2D eigenvalue weighted by Crippen LogP contribution is -2.14. The number of carbonyl (C=O) groups is 1. The third-order valence-corrected chi connectivity index (χ3v) is 5.19. The third kappa shape index (κ3) is 5.16. The summed E-state index contributed by atoms with van der Waals surface area (Å²) in [6.07, 6.45) is -4.46. The van der Waals surface area contributed by atoms with Crippen LogP contribution in [0.1, 0.15) is 16.7 Å². The minimum atomic E-state index is -4.86. The van der Waals surface area contributed by atoms with Crippen LogP contribution in [-0.2, 0) is 23.9 Å². The molecular weight excluding hydrogens is 494 g/mol. The maximum absolute atomic E-state index is 14.1. The molecule has 0 aliphatic rings. The Labute approximate surface area is 198 Å². The van der Waals surface area contributed by atoms with Gasteiger partial charge in [0.15, 0.2) is 0 Å². The zero-order chi connectivity index (χ0) is 26.2. The summed E-state index contributed by atoms with van der Waals surface area (Å²) in [6, 6.07) is 7.44. The van der Waals surface area contributed by atoms with E-state index in [1.807, 2.05) is 0 Å². The number of aliphatic carboxylic acids is 1. The number of aromatic nitrogens is 2. The molecule has 0 amide bonds. The van der Waals surface area contributed by atoms with Crippen molar-refractivity contribution in [2.75, 3.05) is 0 Å². The van der Waals surface area contributed by atoms with Gasteiger partial charge in [-0.15, -0.1) is 0 Å². The molecule has 12 heteroatoms. The van der Waals surface area contributed by atoms with Crippen molar-refractivity contribution in [1.29, 1.82) is 0 Å². The lowest BCUT2D eigenvalue weighted by molar-refractivity contribution is -0.139. The van der Waals surface area contributed by atoms with Crippen LogP contribution in [0.15, 0.2) is 59.7 Å². The Morgan fingerprint density at radius 2 is 1.69 bits per heavy atom. The molecule has 36 heavy (non-hydrogen) atoms. The molecule has 6 nitrogen and oxygen atoms in total. The molecule has 186 valence electrons. The highest BCUT2D eigenvalue weighted by molar-refractivity contribution is 5.80. The van der Waals surface area contributed by atoms with Gasteiger partial charge in [0.1, 0.15) is 29.0 Å². The Balaban J connectivity index is 1.73. The second-order valence-electron chi connectivity index (χ2n) is 7.71. The molecule has 0 saturated heterocycles. The van der Waals surface area contributed by atoms with Gasteiger partial charge in [0.25, 0.3) is 5.56 Å². The van der Waals surface area contributed by atoms with E-state index in [0.717, 1.165) is 18.5 Å². The van der Waals surface area contributed by atoms with Crippen molar-refractivity contribution < 1.29 is 41.0 Å². The van der Waals surface area contributed by atoms with Gasteiger partial charge in [-0.2, -0.15) is 18.2 Å². The molecule has 0 atom stereocenters. The Kier molecular flexibility index (Phi) is 6.44. The standard InChI is InChI=1S/C24H14F6N2O4/c25-13-7-18(26)16(19(27)8-13)10-32-11-31-23(35)15-9-14(2-3-20(15)32)36-21-4-1-12(6-22(33)34)5-17(21)24(28,29)30/h1-5,7-9,11H,6,10H2,(H,33,34). The van der Waals surface area contributed by atoms with Gasteiger partial charge >= 0.3 is 12.1 Å². The van der Waals surface area contributed by atoms with E-state index in [1.54, 1.807) is 0 Å². The molecule has 0 saturated carbocycles. The molecule has 0 unspecified atom stereocenters. The van der Waals surface area contributed by atoms with Crippen LogP contribution in [0.4, 0.5) is 26.3 Å². The fraction of sp³-hybridized carbons (Fsp3) is 0.125. The van der Waals surface area contributed by atoms with Gasteiger partial charge in [0.2, 0.25) is 0 Å². The van der Waals surface area contributed by atoms with E-state index in [-0.39, 0.29) is 22.2 Å². The number of benzene rings is 3. The molecule has 0 fully saturated rings. The van der Waals surface area contributed by atoms with E-state index in [2.05, 4.69) is 4.98 Å². The Morgan fingerprint density at radius 1 is 1.00 bits per heavy atom. The highest BCUT2D eigenvalue weighted by Crippen LogP contribution is 2.39. The molecule has 0 aliphatic carbocycles. The van der Waals surface area contributed by atoms with Crippen LogP contribution < -0.4 is 10.3 Å². The first-order valence-electron chi connectivity index (χ1n) is 10.1. The molecule has 4 rings (SSSR count). The average Bonchev–Trinajstić information content (AvgIpc) is 2.77. The summed E-state index contributed by atoms with van der Waals surface area (Å²) in [6.45, 7) is -0.453. The number of halogens is 6. The summed E-state index contributed by atoms with van der Waals surface area (Å²) in [5.41, 5.74) is -2.43. The zero-order valence-corrected chi connectivity index (χ0v) is 17.9. The smallest absolute Gasteiger partial charge is 0.419 e. The van der Waals surface area contributed by atoms with Gasteiger partial charge in [0.05, 0.1) is 35.8 Å². The van der Waals surface area contributed by atoms with Crippen molar-refractivity contribution in [3.8, 4) is 11.5 Å². The number of nitrogens with zero attached hydrogens (tertiary/aromatic N) is 2. The lowest BCUT2D eigenvalue weighted by Gasteiger charge is -2.16. The quantitative estimate of drug-likeness (QED) is 0.358. The second kappa shape index (κ2) is 9.36. The SMILES string of the molecule is O=C(O)Cc1ccc(Oc2ccc3c(c2)c(=O)ncn3Cc2c(F)cc(F)cc2F)c(C(F)(F)F)c1. The van der Waals surface area contributed by atoms with Gasteiger partial charge in [-0.1, -0.05) is 6.07 Å². The van der Waals surface area contributed by atoms with Gasteiger partial charge in [0, 0.05) is 17.7 Å². The largest absolute Gasteiger partial charge is 0.481 e. The zero-order valence-electron chi connectivity index (χ0n) is 17.9. The van der Waals surface area contributed by atoms with Gasteiger partial charge in [-0.3, -0.25) is 9.59 Å². The van der Waals surface area contributed by atoms with E-state index in [1.165, 1.54) is 22.8 Å². The third-order valence-electron chi connectivity index (χ3n) is 5.19. The molecule has 0 bridgehead atoms. The van der Waals surface area contributed by atoms with Gasteiger partial charge in [-0.05, 0) is 35.9 Å². The van der Waals surface area contributed by atoms with E-state index in [0.29, 0.717) is 18.2 Å². The van der Waals surface area contributed by atoms with Gasteiger partial charge < -0.3 is 14.4 Å². The number of hydrogen-bond donors (Lipinski definition) is 1. The van der Waals surface area contributed by atoms with E-state index in [4.69, 9.17) is 9.84 Å². The maximum Gasteiger partial charge on any atom is 0.419 e. The second-order valence-corrected chi connectivity index (χ2v) is 7.71. The maximum atomic E-state index is 14.1. The molecular formula is C24H14F6N2O4. The minimum Gasteiger partial charge on any atom is -0.481 e. The van der Waals surface area contributed by atoms with Crippen LogP contribution in [0.25, 0.3) is 10.9 Å². The highest BCUT2D eigenvalue weighted by Gasteiger charge is 2.35. The van der Waals surface area contributed by atoms with E-state index in [9.17, 15) is 35.9 Å². The molecule has 1 heterocycles. The Morgan fingerprint density at radius 3 is 2.33 bits per heavy atom. The number of hydrogen-bond acceptors (Lipinski definition) is 4. The van der Waals surface area contributed by atoms with E-state index < -0.39 is 65.0 Å². The van der Waals surface area contributed by atoms with Crippen molar-refractivity contribution in [2.24, 2.45) is 0 Å². The van der Waals surface area contributed by atoms with E-state index >= 15 is 0 Å². The Hall–Kier alpha value is -4.35. The molecule has 3 aromatic carbocycles. The summed E-state index contributed by atoms with van der Waals surface area (Å²) in [5.74, 6) is -5.51. The molecule has 1 aromatic heterocycles. The van der Waals surface area contributed by atoms with Crippen LogP contribution in [0.2, 0.25) is 0 Å². The van der Waals surface area contributed by atoms with Crippen molar-refractivity contribution in [3.05, 3.63) is 99.4 Å². The van der Waals surface area contributed by atoms with Gasteiger partial charge in [-0.25, -0.2) is 13.2 Å². The number of carboxylic acids is 1. The first kappa shape index (κ1) is 24.8. The monoisotopic (exact) mass is 508 g/mol. The summed E-state index contributed by atoms with van der Waals surface area (Å²) in [4.78, 5) is 26.8. The van der Waals surface area contributed by atoms with Crippen molar-refractivity contribution in [1.82, 2.24) is 9.55 Å². The normalized spacial score (nSPS) is 11.6. The number of carboxylic acid groups (broad SMARTS) is 1. The number of rotatable bonds is 6. The van der Waals surface area contributed by atoms with Crippen LogP contribution in [-0.4, -0.2) is 20.6 Å². The predicted molar refractivity (Wildman–Crippen MR) is 114 cm³/mol. The Bertz CT molecular complexity index is 1530. The fourth-order valence-electron chi connectivity index (χ4n) is 3.57. The summed E-state index contributed by atoms with van der Waals surface area (Å²) < 4.78 is 88.7. The van der Waals surface area contributed by atoms with Crippen molar-refractivity contribution in [2.45, 2.75) is 19.1 Å². The predicted octanol–water partition coefficient (Wildman–Crippen LogP) is 5.30. The number of alkyl halides is 3. The van der Waals surface area contributed by atoms with Crippen LogP contribution >= 0.6 is 0 Å². The minimum absolute atomic E-state index is 0.0898. The topological polar surface area (TPSA) is 81.4 Å². The van der Waals surface area contributed by atoms with Crippen molar-refractivity contribution >= 4 is 16.9 Å². The lowest BCUT2D eigenvalue weighted by atomic mass is 10.1. The summed E-state index contributed by atoms with van der Waals surface area (Å²) >= 11 is 0. The average molecular weight is 508 g/mol. The number of ether oxygens (including phenoxy) is 1. The summed E-state index contributed by atoms with van der Waals surface area (Å²) in [5, 5.41) is 8.72. The fourth-order valence-corrected chi connectivity index (χ4v) is 3.57.